The van der Waals surface area contributed by atoms with Crippen LogP contribution in [0.3, 0.4) is 0 Å². The van der Waals surface area contributed by atoms with Crippen LogP contribution >= 0.6 is 0 Å². The van der Waals surface area contributed by atoms with Crippen LogP contribution in [0.25, 0.3) is 11.2 Å². The summed E-state index contributed by atoms with van der Waals surface area (Å²) in [6.45, 7) is 0.248. The lowest BCUT2D eigenvalue weighted by Crippen LogP contribution is -2.31. The molecule has 4 aromatic rings. The third-order valence-corrected chi connectivity index (χ3v) is 5.37. The summed E-state index contributed by atoms with van der Waals surface area (Å²) in [7, 11) is 3.22. The van der Waals surface area contributed by atoms with Crippen molar-refractivity contribution >= 4 is 11.2 Å². The lowest BCUT2D eigenvalue weighted by Gasteiger charge is -2.23. The number of aromatic amines is 1. The second-order valence-corrected chi connectivity index (χ2v) is 7.35. The summed E-state index contributed by atoms with van der Waals surface area (Å²) in [6.07, 6.45) is 2.71. The number of nitrogens with one attached hydrogen (secondary N) is 3. The Kier molecular flexibility index (Phi) is 6.48. The van der Waals surface area contributed by atoms with E-state index in [1.165, 1.54) is 12.7 Å². The minimum atomic E-state index is -0.924. The van der Waals surface area contributed by atoms with Gasteiger partial charge in [-0.25, -0.2) is 9.97 Å². The summed E-state index contributed by atoms with van der Waals surface area (Å²) in [5.74, 6) is 1.31. The van der Waals surface area contributed by atoms with E-state index in [0.717, 1.165) is 17.5 Å². The molecule has 2 heterocycles. The molecule has 32 heavy (non-hydrogen) atoms. The van der Waals surface area contributed by atoms with Crippen LogP contribution < -0.4 is 20.3 Å². The minimum Gasteiger partial charge on any atom is -0.493 e. The molecule has 0 aliphatic carbocycles. The normalized spacial score (nSPS) is 13.1. The molecule has 0 spiro atoms. The standard InChI is InChI=1S/C23H26N6O3/c1-31-18-9-8-16(11-19(18)32-2)17(10-15-6-4-3-5-7-15)25-12-20(30)29-14-28-22(24)21-23(29)27-13-26-21/h3-9,11,13-14,17,20,24-25,30H,10,12H2,1-2H3,(H,26,27)/t17?,20-/m1/s1. The first-order chi connectivity index (χ1) is 15.6. The Labute approximate surface area is 185 Å². The number of aliphatic hydroxyl groups excluding tert-OH is 1. The zero-order chi connectivity index (χ0) is 22.5. The number of aromatic nitrogens is 4. The molecule has 2 atom stereocenters. The second-order valence-electron chi connectivity index (χ2n) is 7.35. The van der Waals surface area contributed by atoms with Gasteiger partial charge in [-0.1, -0.05) is 36.4 Å². The number of aliphatic hydroxyl groups is 1. The highest BCUT2D eigenvalue weighted by Gasteiger charge is 2.18. The average Bonchev–Trinajstić information content (AvgIpc) is 3.33. The monoisotopic (exact) mass is 434 g/mol. The fraction of sp³-hybridized carbons (Fsp3) is 0.261. The van der Waals surface area contributed by atoms with Crippen LogP contribution in [0.1, 0.15) is 23.4 Å². The van der Waals surface area contributed by atoms with Gasteiger partial charge in [0.15, 0.2) is 22.6 Å². The highest BCUT2D eigenvalue weighted by atomic mass is 16.5. The van der Waals surface area contributed by atoms with E-state index in [0.29, 0.717) is 22.7 Å². The topological polar surface area (TPSA) is 121 Å². The van der Waals surface area contributed by atoms with Crippen molar-refractivity contribution in [1.82, 2.24) is 24.8 Å². The van der Waals surface area contributed by atoms with Gasteiger partial charge in [-0.2, -0.15) is 0 Å². The Morgan fingerprint density at radius 3 is 2.62 bits per heavy atom. The van der Waals surface area contributed by atoms with E-state index in [1.54, 1.807) is 18.8 Å². The third-order valence-electron chi connectivity index (χ3n) is 5.37. The Hall–Kier alpha value is -3.69. The molecule has 4 rings (SSSR count). The lowest BCUT2D eigenvalue weighted by molar-refractivity contribution is 0.101. The third kappa shape index (κ3) is 4.48. The van der Waals surface area contributed by atoms with Crippen molar-refractivity contribution in [2.24, 2.45) is 0 Å². The van der Waals surface area contributed by atoms with Gasteiger partial charge in [0.25, 0.3) is 0 Å². The molecule has 0 aliphatic heterocycles. The first-order valence-electron chi connectivity index (χ1n) is 10.2. The molecule has 1 unspecified atom stereocenters. The number of hydrogen-bond donors (Lipinski definition) is 4. The fourth-order valence-electron chi connectivity index (χ4n) is 3.69. The van der Waals surface area contributed by atoms with Gasteiger partial charge in [0, 0.05) is 12.6 Å². The number of hydrogen-bond acceptors (Lipinski definition) is 7. The van der Waals surface area contributed by atoms with E-state index in [-0.39, 0.29) is 18.1 Å². The first kappa shape index (κ1) is 21.5. The van der Waals surface area contributed by atoms with Crippen molar-refractivity contribution in [2.45, 2.75) is 18.7 Å². The summed E-state index contributed by atoms with van der Waals surface area (Å²) in [4.78, 5) is 11.2. The number of fused-ring (bicyclic) bond motifs is 1. The summed E-state index contributed by atoms with van der Waals surface area (Å²) in [5, 5.41) is 22.2. The van der Waals surface area contributed by atoms with E-state index >= 15 is 0 Å². The maximum absolute atomic E-state index is 10.9. The SMILES string of the molecule is COc1ccc(C(Cc2ccccc2)NC[C@@H](O)n2cnc(=N)c3[nH]cnc32)cc1OC. The molecule has 0 amide bonds. The zero-order valence-corrected chi connectivity index (χ0v) is 17.9. The van der Waals surface area contributed by atoms with Gasteiger partial charge in [0.05, 0.1) is 20.5 Å². The van der Waals surface area contributed by atoms with Gasteiger partial charge in [-0.15, -0.1) is 0 Å². The van der Waals surface area contributed by atoms with Crippen LogP contribution in [-0.2, 0) is 6.42 Å². The van der Waals surface area contributed by atoms with Crippen LogP contribution in [0.5, 0.6) is 11.5 Å². The molecule has 0 fully saturated rings. The van der Waals surface area contributed by atoms with Gasteiger partial charge in [-0.3, -0.25) is 9.98 Å². The fourth-order valence-corrected chi connectivity index (χ4v) is 3.69. The summed E-state index contributed by atoms with van der Waals surface area (Å²) < 4.78 is 12.4. The van der Waals surface area contributed by atoms with Crippen molar-refractivity contribution in [3.8, 4) is 11.5 Å². The molecular formula is C23H26N6O3. The highest BCUT2D eigenvalue weighted by Crippen LogP contribution is 2.31. The maximum Gasteiger partial charge on any atom is 0.173 e. The number of methoxy groups -OCH3 is 2. The van der Waals surface area contributed by atoms with E-state index < -0.39 is 6.23 Å². The predicted molar refractivity (Wildman–Crippen MR) is 119 cm³/mol. The van der Waals surface area contributed by atoms with Crippen LogP contribution in [0.15, 0.2) is 61.2 Å². The molecule has 9 heteroatoms. The maximum atomic E-state index is 10.9. The zero-order valence-electron chi connectivity index (χ0n) is 17.9. The highest BCUT2D eigenvalue weighted by molar-refractivity contribution is 5.68. The summed E-state index contributed by atoms with van der Waals surface area (Å²) in [5.41, 5.74) is 3.21. The molecule has 0 bridgehead atoms. The average molecular weight is 435 g/mol. The minimum absolute atomic E-state index is 0.0844. The molecule has 2 aromatic heterocycles. The lowest BCUT2D eigenvalue weighted by atomic mass is 9.98. The first-order valence-corrected chi connectivity index (χ1v) is 10.2. The Bertz CT molecular complexity index is 1240. The number of ether oxygens (including phenoxy) is 2. The molecule has 2 aromatic carbocycles. The Morgan fingerprint density at radius 1 is 1.09 bits per heavy atom. The number of H-pyrrole nitrogens is 1. The van der Waals surface area contributed by atoms with Crippen LogP contribution in [0.2, 0.25) is 0 Å². The quantitative estimate of drug-likeness (QED) is 0.321. The predicted octanol–water partition coefficient (Wildman–Crippen LogP) is 2.32. The second kappa shape index (κ2) is 9.63. The Balaban J connectivity index is 1.59. The van der Waals surface area contributed by atoms with Crippen molar-refractivity contribution in [2.75, 3.05) is 20.8 Å². The van der Waals surface area contributed by atoms with Gasteiger partial charge >= 0.3 is 0 Å². The Morgan fingerprint density at radius 2 is 1.88 bits per heavy atom. The summed E-state index contributed by atoms with van der Waals surface area (Å²) >= 11 is 0. The molecule has 9 nitrogen and oxygen atoms in total. The molecule has 0 aliphatic rings. The van der Waals surface area contributed by atoms with Gasteiger partial charge in [0.2, 0.25) is 0 Å². The molecule has 0 saturated carbocycles. The van der Waals surface area contributed by atoms with Crippen molar-refractivity contribution in [1.29, 1.82) is 5.41 Å². The molecular weight excluding hydrogens is 408 g/mol. The number of nitrogens with zero attached hydrogens (tertiary/aromatic N) is 3. The molecule has 4 N–H and O–H groups in total. The molecule has 166 valence electrons. The largest absolute Gasteiger partial charge is 0.493 e. The van der Waals surface area contributed by atoms with Crippen LogP contribution in [0, 0.1) is 5.41 Å². The van der Waals surface area contributed by atoms with Crippen molar-refractivity contribution in [3.05, 3.63) is 77.8 Å². The van der Waals surface area contributed by atoms with E-state index in [4.69, 9.17) is 14.9 Å². The van der Waals surface area contributed by atoms with Crippen LogP contribution in [-0.4, -0.2) is 45.4 Å². The molecule has 0 saturated heterocycles. The smallest absolute Gasteiger partial charge is 0.173 e. The summed E-state index contributed by atoms with van der Waals surface area (Å²) in [6, 6.07) is 15.9. The van der Waals surface area contributed by atoms with Gasteiger partial charge < -0.3 is 24.9 Å². The van der Waals surface area contributed by atoms with Crippen LogP contribution in [0.4, 0.5) is 0 Å². The van der Waals surface area contributed by atoms with E-state index in [1.807, 2.05) is 36.4 Å². The van der Waals surface area contributed by atoms with Gasteiger partial charge in [0.1, 0.15) is 18.1 Å². The van der Waals surface area contributed by atoms with E-state index in [9.17, 15) is 5.11 Å². The number of benzene rings is 2. The van der Waals surface area contributed by atoms with Crippen molar-refractivity contribution < 1.29 is 14.6 Å². The van der Waals surface area contributed by atoms with Crippen molar-refractivity contribution in [3.63, 3.8) is 0 Å². The number of imidazole rings is 1. The van der Waals surface area contributed by atoms with Gasteiger partial charge in [-0.05, 0) is 29.7 Å². The van der Waals surface area contributed by atoms with E-state index in [2.05, 4.69) is 32.4 Å². The number of rotatable bonds is 9. The molecule has 0 radical (unpaired) electrons.